The third-order valence-corrected chi connectivity index (χ3v) is 3.15. The quantitative estimate of drug-likeness (QED) is 0.905. The topological polar surface area (TPSA) is 59.9 Å². The van der Waals surface area contributed by atoms with Gasteiger partial charge in [0, 0.05) is 24.0 Å². The van der Waals surface area contributed by atoms with Crippen molar-refractivity contribution in [2.45, 2.75) is 18.9 Å². The molecule has 2 aromatic heterocycles. The third-order valence-electron chi connectivity index (χ3n) is 3.15. The van der Waals surface area contributed by atoms with Crippen LogP contribution in [0, 0.1) is 0 Å². The van der Waals surface area contributed by atoms with Crippen molar-refractivity contribution in [3.63, 3.8) is 0 Å². The Kier molecular flexibility index (Phi) is 3.65. The van der Waals surface area contributed by atoms with E-state index in [0.29, 0.717) is 5.88 Å². The number of nitrogens with one attached hydrogen (secondary N) is 1. The van der Waals surface area contributed by atoms with Crippen LogP contribution in [0.1, 0.15) is 12.8 Å². The molecule has 0 atom stereocenters. The Morgan fingerprint density at radius 3 is 2.68 bits per heavy atom. The van der Waals surface area contributed by atoms with Crippen LogP contribution >= 0.6 is 0 Å². The molecule has 19 heavy (non-hydrogen) atoms. The van der Waals surface area contributed by atoms with Crippen LogP contribution in [-0.2, 0) is 0 Å². The van der Waals surface area contributed by atoms with Gasteiger partial charge < -0.3 is 10.1 Å². The summed E-state index contributed by atoms with van der Waals surface area (Å²) in [6.45, 7) is 2.02. The van der Waals surface area contributed by atoms with E-state index in [2.05, 4.69) is 20.3 Å². The van der Waals surface area contributed by atoms with Crippen LogP contribution in [0.4, 0.5) is 0 Å². The maximum absolute atomic E-state index is 5.93. The Balaban J connectivity index is 1.76. The van der Waals surface area contributed by atoms with Crippen molar-refractivity contribution in [2.24, 2.45) is 0 Å². The number of ether oxygens (including phenoxy) is 1. The third kappa shape index (κ3) is 3.06. The Hall–Kier alpha value is -2.01. The highest BCUT2D eigenvalue weighted by molar-refractivity contribution is 5.56. The van der Waals surface area contributed by atoms with Crippen LogP contribution in [0.3, 0.4) is 0 Å². The van der Waals surface area contributed by atoms with Crippen molar-refractivity contribution in [3.05, 3.63) is 36.9 Å². The van der Waals surface area contributed by atoms with Gasteiger partial charge in [0.15, 0.2) is 0 Å². The van der Waals surface area contributed by atoms with Crippen molar-refractivity contribution in [2.75, 3.05) is 13.1 Å². The number of piperidine rings is 1. The van der Waals surface area contributed by atoms with Crippen LogP contribution < -0.4 is 10.1 Å². The average molecular weight is 256 g/mol. The second kappa shape index (κ2) is 5.75. The summed E-state index contributed by atoms with van der Waals surface area (Å²) in [5, 5.41) is 3.32. The molecule has 3 heterocycles. The van der Waals surface area contributed by atoms with E-state index in [0.717, 1.165) is 37.2 Å². The van der Waals surface area contributed by atoms with E-state index in [1.54, 1.807) is 12.4 Å². The maximum Gasteiger partial charge on any atom is 0.214 e. The van der Waals surface area contributed by atoms with E-state index < -0.39 is 0 Å². The van der Waals surface area contributed by atoms with Crippen LogP contribution in [0.15, 0.2) is 36.9 Å². The van der Waals surface area contributed by atoms with E-state index in [9.17, 15) is 0 Å². The lowest BCUT2D eigenvalue weighted by atomic mass is 10.1. The minimum atomic E-state index is 0.260. The minimum Gasteiger partial charge on any atom is -0.474 e. The molecular weight excluding hydrogens is 240 g/mol. The lowest BCUT2D eigenvalue weighted by Crippen LogP contribution is -2.34. The van der Waals surface area contributed by atoms with Crippen LogP contribution in [0.5, 0.6) is 5.88 Å². The zero-order valence-corrected chi connectivity index (χ0v) is 10.6. The van der Waals surface area contributed by atoms with Crippen molar-refractivity contribution in [3.8, 4) is 17.1 Å². The lowest BCUT2D eigenvalue weighted by Gasteiger charge is -2.23. The first-order valence-electron chi connectivity index (χ1n) is 6.51. The van der Waals surface area contributed by atoms with E-state index >= 15 is 0 Å². The molecule has 2 aromatic rings. The van der Waals surface area contributed by atoms with Crippen LogP contribution in [0.25, 0.3) is 11.3 Å². The molecule has 5 nitrogen and oxygen atoms in total. The summed E-state index contributed by atoms with van der Waals surface area (Å²) in [6.07, 6.45) is 7.34. The van der Waals surface area contributed by atoms with Crippen molar-refractivity contribution >= 4 is 0 Å². The molecule has 0 bridgehead atoms. The summed E-state index contributed by atoms with van der Waals surface area (Å²) in [5.41, 5.74) is 1.74. The Bertz CT molecular complexity index is 526. The van der Waals surface area contributed by atoms with Gasteiger partial charge in [-0.25, -0.2) is 15.0 Å². The molecule has 0 amide bonds. The molecule has 0 unspecified atom stereocenters. The second-order valence-electron chi connectivity index (χ2n) is 4.56. The molecule has 3 rings (SSSR count). The smallest absolute Gasteiger partial charge is 0.214 e. The molecule has 1 fully saturated rings. The Morgan fingerprint density at radius 1 is 1.11 bits per heavy atom. The molecule has 0 radical (unpaired) electrons. The number of hydrogen-bond donors (Lipinski definition) is 1. The van der Waals surface area contributed by atoms with Gasteiger partial charge in [0.2, 0.25) is 5.88 Å². The number of hydrogen-bond acceptors (Lipinski definition) is 5. The SMILES string of the molecule is c1cc(OC2CCNCC2)nc(-c2cncnc2)c1. The molecule has 1 aliphatic heterocycles. The van der Waals surface area contributed by atoms with Gasteiger partial charge in [0.1, 0.15) is 12.4 Å². The largest absolute Gasteiger partial charge is 0.474 e. The summed E-state index contributed by atoms with van der Waals surface area (Å²) >= 11 is 0. The van der Waals surface area contributed by atoms with Crippen LogP contribution in [0.2, 0.25) is 0 Å². The lowest BCUT2D eigenvalue weighted by molar-refractivity contribution is 0.156. The maximum atomic E-state index is 5.93. The fourth-order valence-corrected chi connectivity index (χ4v) is 2.16. The Morgan fingerprint density at radius 2 is 1.89 bits per heavy atom. The summed E-state index contributed by atoms with van der Waals surface area (Å²) in [6, 6.07) is 5.79. The van der Waals surface area contributed by atoms with Gasteiger partial charge in [-0.05, 0) is 32.0 Å². The van der Waals surface area contributed by atoms with Gasteiger partial charge in [-0.1, -0.05) is 6.07 Å². The van der Waals surface area contributed by atoms with Gasteiger partial charge in [-0.3, -0.25) is 0 Å². The highest BCUT2D eigenvalue weighted by atomic mass is 16.5. The van der Waals surface area contributed by atoms with Gasteiger partial charge in [0.25, 0.3) is 0 Å². The standard InChI is InChI=1S/C14H16N4O/c1-2-13(11-8-16-10-17-9-11)18-14(3-1)19-12-4-6-15-7-5-12/h1-3,8-10,12,15H,4-7H2. The number of nitrogens with zero attached hydrogens (tertiary/aromatic N) is 3. The number of pyridine rings is 1. The monoisotopic (exact) mass is 256 g/mol. The highest BCUT2D eigenvalue weighted by Gasteiger charge is 2.15. The molecule has 1 saturated heterocycles. The first-order valence-corrected chi connectivity index (χ1v) is 6.51. The van der Waals surface area contributed by atoms with Gasteiger partial charge in [-0.2, -0.15) is 0 Å². The first kappa shape index (κ1) is 12.0. The molecule has 1 aliphatic rings. The molecule has 0 aliphatic carbocycles. The molecule has 0 spiro atoms. The fraction of sp³-hybridized carbons (Fsp3) is 0.357. The average Bonchev–Trinajstić information content (AvgIpc) is 2.49. The van der Waals surface area contributed by atoms with Crippen molar-refractivity contribution < 1.29 is 4.74 Å². The van der Waals surface area contributed by atoms with E-state index in [4.69, 9.17) is 4.74 Å². The van der Waals surface area contributed by atoms with Gasteiger partial charge in [-0.15, -0.1) is 0 Å². The number of aromatic nitrogens is 3. The molecule has 0 aromatic carbocycles. The van der Waals surface area contributed by atoms with Gasteiger partial charge in [0.05, 0.1) is 5.69 Å². The zero-order valence-electron chi connectivity index (χ0n) is 10.6. The Labute approximate surface area is 112 Å². The molecule has 98 valence electrons. The summed E-state index contributed by atoms with van der Waals surface area (Å²) < 4.78 is 5.93. The second-order valence-corrected chi connectivity index (χ2v) is 4.56. The van der Waals surface area contributed by atoms with Crippen molar-refractivity contribution in [1.82, 2.24) is 20.3 Å². The van der Waals surface area contributed by atoms with E-state index in [1.165, 1.54) is 6.33 Å². The first-order chi connectivity index (χ1) is 9.42. The van der Waals surface area contributed by atoms with Gasteiger partial charge >= 0.3 is 0 Å². The zero-order chi connectivity index (χ0) is 12.9. The molecule has 1 N–H and O–H groups in total. The minimum absolute atomic E-state index is 0.260. The molecule has 5 heteroatoms. The normalized spacial score (nSPS) is 16.2. The predicted molar refractivity (Wildman–Crippen MR) is 71.8 cm³/mol. The number of rotatable bonds is 3. The summed E-state index contributed by atoms with van der Waals surface area (Å²) in [4.78, 5) is 12.5. The summed E-state index contributed by atoms with van der Waals surface area (Å²) in [5.74, 6) is 0.674. The van der Waals surface area contributed by atoms with Crippen molar-refractivity contribution in [1.29, 1.82) is 0 Å². The highest BCUT2D eigenvalue weighted by Crippen LogP contribution is 2.20. The predicted octanol–water partition coefficient (Wildman–Crippen LogP) is 1.67. The van der Waals surface area contributed by atoms with E-state index in [1.807, 2.05) is 18.2 Å². The molecular formula is C14H16N4O. The summed E-state index contributed by atoms with van der Waals surface area (Å²) in [7, 11) is 0. The van der Waals surface area contributed by atoms with Crippen LogP contribution in [-0.4, -0.2) is 34.1 Å². The fourth-order valence-electron chi connectivity index (χ4n) is 2.16. The van der Waals surface area contributed by atoms with E-state index in [-0.39, 0.29) is 6.10 Å². The molecule has 0 saturated carbocycles.